The fourth-order valence-electron chi connectivity index (χ4n) is 0.829. The lowest BCUT2D eigenvalue weighted by Gasteiger charge is -2.06. The first-order chi connectivity index (χ1) is 7.11. The Morgan fingerprint density at radius 2 is 2.33 bits per heavy atom. The number of thioether (sulfide) groups is 2. The fraction of sp³-hybridized carbons (Fsp3) is 0.625. The number of nitrogens with zero attached hydrogens (tertiary/aromatic N) is 2. The van der Waals surface area contributed by atoms with Gasteiger partial charge in [0, 0.05) is 6.04 Å². The molecule has 0 unspecified atom stereocenters. The van der Waals surface area contributed by atoms with Crippen molar-refractivity contribution in [2.24, 2.45) is 0 Å². The summed E-state index contributed by atoms with van der Waals surface area (Å²) in [5.41, 5.74) is 0. The van der Waals surface area contributed by atoms with E-state index in [0.717, 1.165) is 9.50 Å². The van der Waals surface area contributed by atoms with Gasteiger partial charge in [0.05, 0.1) is 5.75 Å². The molecule has 1 N–H and O–H groups in total. The number of rotatable bonds is 5. The minimum atomic E-state index is 0.0379. The molecule has 0 saturated heterocycles. The van der Waals surface area contributed by atoms with Gasteiger partial charge in [-0.3, -0.25) is 4.79 Å². The Morgan fingerprint density at radius 3 is 2.87 bits per heavy atom. The van der Waals surface area contributed by atoms with Crippen molar-refractivity contribution < 1.29 is 4.79 Å². The van der Waals surface area contributed by atoms with E-state index in [1.54, 1.807) is 0 Å². The monoisotopic (exact) mass is 263 g/mol. The van der Waals surface area contributed by atoms with Gasteiger partial charge in [-0.15, -0.1) is 0 Å². The van der Waals surface area contributed by atoms with E-state index >= 15 is 0 Å². The molecule has 0 aliphatic rings. The van der Waals surface area contributed by atoms with E-state index < -0.39 is 0 Å². The molecule has 15 heavy (non-hydrogen) atoms. The van der Waals surface area contributed by atoms with Crippen molar-refractivity contribution in [2.75, 3.05) is 12.0 Å². The number of hydrogen-bond acceptors (Lipinski definition) is 6. The fourth-order valence-corrected chi connectivity index (χ4v) is 2.85. The molecule has 1 amide bonds. The van der Waals surface area contributed by atoms with Crippen molar-refractivity contribution in [2.45, 2.75) is 29.4 Å². The van der Waals surface area contributed by atoms with E-state index in [4.69, 9.17) is 0 Å². The molecule has 0 spiro atoms. The lowest BCUT2D eigenvalue weighted by atomic mass is 10.4. The Balaban J connectivity index is 2.33. The molecule has 1 aromatic heterocycles. The number of carbonyl (C=O) groups excluding carboxylic acids is 1. The highest BCUT2D eigenvalue weighted by Crippen LogP contribution is 2.23. The van der Waals surface area contributed by atoms with E-state index in [1.165, 1.54) is 35.1 Å². The quantitative estimate of drug-likeness (QED) is 0.822. The van der Waals surface area contributed by atoms with Crippen LogP contribution in [-0.4, -0.2) is 33.3 Å². The maximum absolute atomic E-state index is 11.3. The largest absolute Gasteiger partial charge is 0.353 e. The second-order valence-electron chi connectivity index (χ2n) is 3.06. The predicted octanol–water partition coefficient (Wildman–Crippen LogP) is 1.88. The van der Waals surface area contributed by atoms with E-state index in [0.29, 0.717) is 5.75 Å². The summed E-state index contributed by atoms with van der Waals surface area (Å²) in [5, 5.41) is 3.60. The maximum Gasteiger partial charge on any atom is 0.230 e. The molecular formula is C8H13N3OS3. The molecule has 7 heteroatoms. The van der Waals surface area contributed by atoms with Crippen LogP contribution >= 0.6 is 35.1 Å². The van der Waals surface area contributed by atoms with E-state index in [-0.39, 0.29) is 11.9 Å². The van der Waals surface area contributed by atoms with Gasteiger partial charge in [0.2, 0.25) is 11.1 Å². The first-order valence-corrected chi connectivity index (χ1v) is 7.40. The first-order valence-electron chi connectivity index (χ1n) is 4.41. The average Bonchev–Trinajstić information content (AvgIpc) is 2.61. The Labute approximate surface area is 102 Å². The summed E-state index contributed by atoms with van der Waals surface area (Å²) in [6.45, 7) is 3.89. The van der Waals surface area contributed by atoms with Crippen LogP contribution in [0.15, 0.2) is 9.50 Å². The molecule has 4 nitrogen and oxygen atoms in total. The standard InChI is InChI=1S/C8H13N3OS3/c1-5(2)9-6(12)4-14-8-10-7(13-3)11-15-8/h5H,4H2,1-3H3,(H,9,12). The zero-order valence-electron chi connectivity index (χ0n) is 8.81. The molecule has 84 valence electrons. The predicted molar refractivity (Wildman–Crippen MR) is 65.7 cm³/mol. The summed E-state index contributed by atoms with van der Waals surface area (Å²) in [6, 6.07) is 0.189. The molecule has 0 aromatic carbocycles. The zero-order valence-corrected chi connectivity index (χ0v) is 11.3. The third kappa shape index (κ3) is 4.85. The summed E-state index contributed by atoms with van der Waals surface area (Å²) in [6.07, 6.45) is 1.93. The van der Waals surface area contributed by atoms with Crippen molar-refractivity contribution >= 4 is 41.0 Å². The Hall–Kier alpha value is -0.270. The Morgan fingerprint density at radius 1 is 1.60 bits per heavy atom. The molecule has 0 atom stereocenters. The first kappa shape index (κ1) is 12.8. The lowest BCUT2D eigenvalue weighted by molar-refractivity contribution is -0.119. The highest BCUT2D eigenvalue weighted by Gasteiger charge is 2.07. The molecule has 0 aliphatic heterocycles. The van der Waals surface area contributed by atoms with Crippen LogP contribution in [0.2, 0.25) is 0 Å². The van der Waals surface area contributed by atoms with E-state index in [1.807, 2.05) is 20.1 Å². The van der Waals surface area contributed by atoms with E-state index in [2.05, 4.69) is 14.7 Å². The van der Waals surface area contributed by atoms with Gasteiger partial charge in [-0.2, -0.15) is 4.37 Å². The number of amides is 1. The van der Waals surface area contributed by atoms with Gasteiger partial charge in [0.25, 0.3) is 0 Å². The van der Waals surface area contributed by atoms with Gasteiger partial charge >= 0.3 is 0 Å². The number of nitrogens with one attached hydrogen (secondary N) is 1. The van der Waals surface area contributed by atoms with Crippen LogP contribution in [0.1, 0.15) is 13.8 Å². The van der Waals surface area contributed by atoms with E-state index in [9.17, 15) is 4.79 Å². The van der Waals surface area contributed by atoms with Crippen LogP contribution in [0.3, 0.4) is 0 Å². The second-order valence-corrected chi connectivity index (χ2v) is 5.81. The van der Waals surface area contributed by atoms with Crippen LogP contribution in [0.4, 0.5) is 0 Å². The maximum atomic E-state index is 11.3. The highest BCUT2D eigenvalue weighted by molar-refractivity contribution is 8.01. The van der Waals surface area contributed by atoms with Crippen molar-refractivity contribution in [1.29, 1.82) is 0 Å². The van der Waals surface area contributed by atoms with Crippen LogP contribution in [0.25, 0.3) is 0 Å². The summed E-state index contributed by atoms with van der Waals surface area (Å²) in [5.74, 6) is 0.442. The highest BCUT2D eigenvalue weighted by atomic mass is 32.2. The van der Waals surface area contributed by atoms with Crippen LogP contribution in [0.5, 0.6) is 0 Å². The van der Waals surface area contributed by atoms with Crippen LogP contribution < -0.4 is 5.32 Å². The molecule has 0 aliphatic carbocycles. The van der Waals surface area contributed by atoms with Crippen molar-refractivity contribution in [3.05, 3.63) is 0 Å². The number of hydrogen-bond donors (Lipinski definition) is 1. The van der Waals surface area contributed by atoms with Gasteiger partial charge in [-0.25, -0.2) is 4.98 Å². The van der Waals surface area contributed by atoms with Gasteiger partial charge in [-0.05, 0) is 31.6 Å². The normalized spacial score (nSPS) is 10.7. The molecule has 0 bridgehead atoms. The molecule has 0 radical (unpaired) electrons. The number of carbonyl (C=O) groups is 1. The smallest absolute Gasteiger partial charge is 0.230 e. The molecular weight excluding hydrogens is 250 g/mol. The third-order valence-electron chi connectivity index (χ3n) is 1.35. The molecule has 1 aromatic rings. The summed E-state index contributed by atoms with van der Waals surface area (Å²) in [4.78, 5) is 15.6. The topological polar surface area (TPSA) is 54.9 Å². The number of aromatic nitrogens is 2. The van der Waals surface area contributed by atoms with Crippen LogP contribution in [-0.2, 0) is 4.79 Å². The summed E-state index contributed by atoms with van der Waals surface area (Å²) >= 11 is 4.27. The Bertz CT molecular complexity index is 327. The lowest BCUT2D eigenvalue weighted by Crippen LogP contribution is -2.31. The second kappa shape index (κ2) is 6.34. The van der Waals surface area contributed by atoms with Gasteiger partial charge in [-0.1, -0.05) is 23.5 Å². The minimum absolute atomic E-state index is 0.0379. The minimum Gasteiger partial charge on any atom is -0.353 e. The van der Waals surface area contributed by atoms with Crippen molar-refractivity contribution in [1.82, 2.24) is 14.7 Å². The Kier molecular flexibility index (Phi) is 5.41. The van der Waals surface area contributed by atoms with Gasteiger partial charge in [0.15, 0.2) is 4.34 Å². The van der Waals surface area contributed by atoms with Crippen LogP contribution in [0, 0.1) is 0 Å². The summed E-state index contributed by atoms with van der Waals surface area (Å²) in [7, 11) is 0. The van der Waals surface area contributed by atoms with Gasteiger partial charge < -0.3 is 5.32 Å². The van der Waals surface area contributed by atoms with Crippen molar-refractivity contribution in [3.63, 3.8) is 0 Å². The van der Waals surface area contributed by atoms with Gasteiger partial charge in [0.1, 0.15) is 0 Å². The third-order valence-corrected chi connectivity index (χ3v) is 3.84. The van der Waals surface area contributed by atoms with Crippen molar-refractivity contribution in [3.8, 4) is 0 Å². The molecule has 1 heterocycles. The average molecular weight is 263 g/mol. The molecule has 0 saturated carbocycles. The SMILES string of the molecule is CSc1nsc(SCC(=O)NC(C)C)n1. The zero-order chi connectivity index (χ0) is 11.3. The molecule has 1 rings (SSSR count). The molecule has 0 fully saturated rings. The summed E-state index contributed by atoms with van der Waals surface area (Å²) < 4.78 is 4.96.